The maximum atomic E-state index is 14.3. The number of amides is 5. The average molecular weight is 746 g/mol. The van der Waals surface area contributed by atoms with Crippen molar-refractivity contribution in [3.05, 3.63) is 47.0 Å². The Labute approximate surface area is 303 Å². The number of alkyl carbamates (subject to hydrolysis) is 1. The van der Waals surface area contributed by atoms with Crippen LogP contribution in [0.4, 0.5) is 14.0 Å². The predicted molar refractivity (Wildman–Crippen MR) is 185 cm³/mol. The second-order valence-corrected chi connectivity index (χ2v) is 17.5. The van der Waals surface area contributed by atoms with E-state index >= 15 is 0 Å². The smallest absolute Gasteiger partial charge is 0.410 e. The van der Waals surface area contributed by atoms with Crippen LogP contribution in [0.5, 0.6) is 0 Å². The molecule has 0 aromatic heterocycles. The first-order valence-corrected chi connectivity index (χ1v) is 19.6. The van der Waals surface area contributed by atoms with Crippen molar-refractivity contribution in [2.24, 2.45) is 5.92 Å². The van der Waals surface area contributed by atoms with Gasteiger partial charge in [-0.1, -0.05) is 43.2 Å². The number of nitrogens with zero attached hydrogens (tertiary/aromatic N) is 2. The molecule has 0 bridgehead atoms. The molecular formula is C36H48FN5O9S. The number of fused-ring (bicyclic) bond motifs is 3. The average Bonchev–Trinajstić information content (AvgIpc) is 3.96. The summed E-state index contributed by atoms with van der Waals surface area (Å²) in [5, 5.41) is 4.82. The molecule has 1 saturated heterocycles. The highest BCUT2D eigenvalue weighted by Gasteiger charge is 2.62. The summed E-state index contributed by atoms with van der Waals surface area (Å²) in [5.41, 5.74) is -0.220. The van der Waals surface area contributed by atoms with Crippen molar-refractivity contribution >= 4 is 39.9 Å². The number of benzene rings is 1. The molecule has 3 heterocycles. The number of allylic oxidation sites excluding steroid dienone is 1. The SMILES string of the molecule is CC(C)(C)OC(=O)N[C@H]1CCCCC/C=C\[C@@H]2C[C@@]2(C(=O)NS(=O)(=O)C2CC2)NC(=O)[C@@H]2C[C@@H](OC(=O)N3Cc4ccc(CF)cc4C3)CN2C1=O. The van der Waals surface area contributed by atoms with Crippen molar-refractivity contribution in [1.82, 2.24) is 25.2 Å². The first kappa shape index (κ1) is 37.5. The van der Waals surface area contributed by atoms with E-state index in [4.69, 9.17) is 9.47 Å². The molecule has 5 aliphatic rings. The molecule has 3 aliphatic heterocycles. The third kappa shape index (κ3) is 8.53. The Kier molecular flexibility index (Phi) is 10.6. The summed E-state index contributed by atoms with van der Waals surface area (Å²) in [4.78, 5) is 71.1. The number of ether oxygens (including phenoxy) is 2. The number of hydrogen-bond acceptors (Lipinski definition) is 9. The number of alkyl halides is 1. The summed E-state index contributed by atoms with van der Waals surface area (Å²) in [6.45, 7) is 4.75. The van der Waals surface area contributed by atoms with Crippen LogP contribution in [0.25, 0.3) is 0 Å². The van der Waals surface area contributed by atoms with Crippen molar-refractivity contribution < 1.29 is 46.3 Å². The monoisotopic (exact) mass is 745 g/mol. The van der Waals surface area contributed by atoms with E-state index in [1.807, 2.05) is 12.2 Å². The molecule has 0 radical (unpaired) electrons. The number of hydrogen-bond donors (Lipinski definition) is 3. The number of carbonyl (C=O) groups excluding carboxylic acids is 5. The van der Waals surface area contributed by atoms with Gasteiger partial charge in [0.25, 0.3) is 5.91 Å². The van der Waals surface area contributed by atoms with Gasteiger partial charge in [-0.3, -0.25) is 24.0 Å². The fourth-order valence-electron chi connectivity index (χ4n) is 7.17. The Hall–Kier alpha value is -4.21. The van der Waals surface area contributed by atoms with Gasteiger partial charge in [-0.15, -0.1) is 0 Å². The zero-order chi connectivity index (χ0) is 37.4. The van der Waals surface area contributed by atoms with Crippen molar-refractivity contribution in [2.45, 2.75) is 133 Å². The van der Waals surface area contributed by atoms with E-state index in [0.29, 0.717) is 31.2 Å². The predicted octanol–water partition coefficient (Wildman–Crippen LogP) is 3.47. The minimum absolute atomic E-state index is 0.103. The van der Waals surface area contributed by atoms with Crippen molar-refractivity contribution in [2.75, 3.05) is 6.54 Å². The van der Waals surface area contributed by atoms with E-state index in [-0.39, 0.29) is 38.9 Å². The molecule has 0 spiro atoms. The van der Waals surface area contributed by atoms with Crippen LogP contribution in [0, 0.1) is 5.92 Å². The third-order valence-electron chi connectivity index (χ3n) is 10.2. The first-order valence-electron chi connectivity index (χ1n) is 18.1. The van der Waals surface area contributed by atoms with Crippen molar-refractivity contribution in [3.8, 4) is 0 Å². The normalized spacial score (nSPS) is 28.6. The summed E-state index contributed by atoms with van der Waals surface area (Å²) in [6, 6.07) is 2.87. The van der Waals surface area contributed by atoms with E-state index in [9.17, 15) is 36.8 Å². The van der Waals surface area contributed by atoms with Gasteiger partial charge in [-0.25, -0.2) is 22.4 Å². The Morgan fingerprint density at radius 2 is 1.81 bits per heavy atom. The van der Waals surface area contributed by atoms with E-state index in [1.54, 1.807) is 39.0 Å². The first-order chi connectivity index (χ1) is 24.6. The van der Waals surface area contributed by atoms with E-state index in [0.717, 1.165) is 24.0 Å². The van der Waals surface area contributed by atoms with Crippen LogP contribution in [-0.2, 0) is 53.6 Å². The number of halogens is 1. The minimum atomic E-state index is -3.92. The maximum Gasteiger partial charge on any atom is 0.410 e. The fraction of sp³-hybridized carbons (Fsp3) is 0.639. The highest BCUT2D eigenvalue weighted by molar-refractivity contribution is 7.91. The van der Waals surface area contributed by atoms with Crippen LogP contribution >= 0.6 is 0 Å². The van der Waals surface area contributed by atoms with Gasteiger partial charge in [-0.2, -0.15) is 0 Å². The summed E-state index contributed by atoms with van der Waals surface area (Å²) in [6.07, 6.45) is 5.31. The molecule has 0 unspecified atom stereocenters. The van der Waals surface area contributed by atoms with Crippen LogP contribution in [0.15, 0.2) is 30.4 Å². The van der Waals surface area contributed by atoms with Gasteiger partial charge in [0.2, 0.25) is 21.8 Å². The highest BCUT2D eigenvalue weighted by Crippen LogP contribution is 2.46. The molecule has 5 amide bonds. The largest absolute Gasteiger partial charge is 0.444 e. The number of rotatable bonds is 6. The molecule has 6 rings (SSSR count). The van der Waals surface area contributed by atoms with E-state index < -0.39 is 87.1 Å². The standard InChI is InChI=1S/C36H48FN5O9S/c1-35(2,3)51-33(46)38-28-10-8-6-4-5-7-9-25-17-36(25,32(45)40-52(48,49)27-13-14-27)39-30(43)29-16-26(21-42(29)31(28)44)50-34(47)41-19-23-12-11-22(18-37)15-24(23)20-41/h7,9,11-12,15,25-29H,4-6,8,10,13-14,16-21H2,1-3H3,(H,38,46)(H,39,43)(H,40,45)/b9-7-/t25-,26-,28+,29+,36-/m1/s1. The van der Waals surface area contributed by atoms with E-state index in [1.165, 1.54) is 9.80 Å². The van der Waals surface area contributed by atoms with Gasteiger partial charge in [0.1, 0.15) is 36.0 Å². The Morgan fingerprint density at radius 3 is 2.52 bits per heavy atom. The highest BCUT2D eigenvalue weighted by atomic mass is 32.2. The summed E-state index contributed by atoms with van der Waals surface area (Å²) in [5.74, 6) is -2.59. The second kappa shape index (κ2) is 14.7. The minimum Gasteiger partial charge on any atom is -0.444 e. The molecule has 3 fully saturated rings. The van der Waals surface area contributed by atoms with E-state index in [2.05, 4.69) is 15.4 Å². The van der Waals surface area contributed by atoms with Gasteiger partial charge in [0.05, 0.1) is 11.8 Å². The van der Waals surface area contributed by atoms with Gasteiger partial charge in [0, 0.05) is 25.4 Å². The van der Waals surface area contributed by atoms with Crippen molar-refractivity contribution in [1.29, 1.82) is 0 Å². The van der Waals surface area contributed by atoms with Crippen LogP contribution in [-0.4, -0.2) is 89.2 Å². The Balaban J connectivity index is 1.24. The lowest BCUT2D eigenvalue weighted by molar-refractivity contribution is -0.141. The molecule has 2 saturated carbocycles. The summed E-state index contributed by atoms with van der Waals surface area (Å²) < 4.78 is 52.3. The molecule has 5 atom stereocenters. The fourth-order valence-corrected chi connectivity index (χ4v) is 8.54. The molecule has 52 heavy (non-hydrogen) atoms. The lowest BCUT2D eigenvalue weighted by Gasteiger charge is -2.30. The Bertz CT molecular complexity index is 1740. The Morgan fingerprint density at radius 1 is 1.06 bits per heavy atom. The van der Waals surface area contributed by atoms with Crippen LogP contribution in [0.3, 0.4) is 0 Å². The van der Waals surface area contributed by atoms with Gasteiger partial charge in [-0.05, 0) is 76.0 Å². The lowest BCUT2D eigenvalue weighted by atomic mass is 10.0. The molecule has 16 heteroatoms. The third-order valence-corrected chi connectivity index (χ3v) is 12.0. The second-order valence-electron chi connectivity index (χ2n) is 15.6. The lowest BCUT2D eigenvalue weighted by Crippen LogP contribution is -2.58. The van der Waals surface area contributed by atoms with Crippen LogP contribution < -0.4 is 15.4 Å². The molecule has 1 aromatic rings. The molecule has 2 aliphatic carbocycles. The molecule has 1 aromatic carbocycles. The van der Waals surface area contributed by atoms with Crippen LogP contribution in [0.1, 0.15) is 95.2 Å². The zero-order valence-corrected chi connectivity index (χ0v) is 30.6. The van der Waals surface area contributed by atoms with Gasteiger partial charge >= 0.3 is 12.2 Å². The zero-order valence-electron chi connectivity index (χ0n) is 29.8. The van der Waals surface area contributed by atoms with Crippen LogP contribution in [0.2, 0.25) is 0 Å². The summed E-state index contributed by atoms with van der Waals surface area (Å²) >= 11 is 0. The summed E-state index contributed by atoms with van der Waals surface area (Å²) in [7, 11) is -3.92. The quantitative estimate of drug-likeness (QED) is 0.368. The number of nitrogens with one attached hydrogen (secondary N) is 3. The number of sulfonamides is 1. The molecule has 14 nitrogen and oxygen atoms in total. The molecular weight excluding hydrogens is 697 g/mol. The number of carbonyl (C=O) groups is 5. The maximum absolute atomic E-state index is 14.3. The topological polar surface area (TPSA) is 181 Å². The molecule has 3 N–H and O–H groups in total. The van der Waals surface area contributed by atoms with Gasteiger partial charge in [0.15, 0.2) is 0 Å². The van der Waals surface area contributed by atoms with Crippen molar-refractivity contribution in [3.63, 3.8) is 0 Å². The molecule has 284 valence electrons. The van der Waals surface area contributed by atoms with Gasteiger partial charge < -0.3 is 25.0 Å².